The van der Waals surface area contributed by atoms with Crippen LogP contribution >= 0.6 is 11.6 Å². The van der Waals surface area contributed by atoms with E-state index in [0.29, 0.717) is 37.3 Å². The molecule has 202 valence electrons. The zero-order valence-corrected chi connectivity index (χ0v) is 22.8. The molecular formula is C32H31ClO6. The van der Waals surface area contributed by atoms with Gasteiger partial charge in [0.2, 0.25) is 0 Å². The first-order valence-corrected chi connectivity index (χ1v) is 13.5. The van der Waals surface area contributed by atoms with Crippen molar-refractivity contribution in [2.75, 3.05) is 0 Å². The molecule has 6 nitrogen and oxygen atoms in total. The third-order valence-corrected chi connectivity index (χ3v) is 7.19. The number of esters is 1. The van der Waals surface area contributed by atoms with E-state index in [0.717, 1.165) is 39.2 Å². The van der Waals surface area contributed by atoms with Crippen molar-refractivity contribution >= 4 is 34.3 Å². The number of hydrogen-bond acceptors (Lipinski definition) is 6. The Morgan fingerprint density at radius 2 is 1.77 bits per heavy atom. The van der Waals surface area contributed by atoms with Crippen LogP contribution in [0.1, 0.15) is 61.7 Å². The Hall–Kier alpha value is -3.61. The van der Waals surface area contributed by atoms with Gasteiger partial charge in [0.1, 0.15) is 35.6 Å². The number of para-hydroxylation sites is 1. The maximum atomic E-state index is 11.7. The van der Waals surface area contributed by atoms with Crippen molar-refractivity contribution in [3.05, 3.63) is 100 Å². The van der Waals surface area contributed by atoms with E-state index in [4.69, 9.17) is 30.2 Å². The topological polar surface area (TPSA) is 75.0 Å². The molecule has 4 aromatic rings. The van der Waals surface area contributed by atoms with Crippen LogP contribution in [0.25, 0.3) is 11.0 Å². The van der Waals surface area contributed by atoms with Crippen molar-refractivity contribution in [2.24, 2.45) is 0 Å². The van der Waals surface area contributed by atoms with Gasteiger partial charge in [-0.25, -0.2) is 0 Å². The third kappa shape index (κ3) is 7.08. The van der Waals surface area contributed by atoms with E-state index in [1.807, 2.05) is 72.8 Å². The second-order valence-corrected chi connectivity index (χ2v) is 10.5. The molecule has 1 aliphatic heterocycles. The number of halogens is 1. The average Bonchev–Trinajstić information content (AvgIpc) is 3.32. The summed E-state index contributed by atoms with van der Waals surface area (Å²) in [7, 11) is 0. The summed E-state index contributed by atoms with van der Waals surface area (Å²) in [6.45, 7) is 3.30. The highest BCUT2D eigenvalue weighted by molar-refractivity contribution is 6.31. The van der Waals surface area contributed by atoms with Crippen LogP contribution < -0.4 is 4.74 Å². The lowest BCUT2D eigenvalue weighted by Crippen LogP contribution is -2.35. The maximum absolute atomic E-state index is 11.7. The Bertz CT molecular complexity index is 1400. The van der Waals surface area contributed by atoms with Crippen molar-refractivity contribution in [1.82, 2.24) is 0 Å². The largest absolute Gasteiger partial charge is 0.486 e. The number of Topliss-reactive ketones (excluding diaryl/α,β-unsaturated/α-hetero) is 1. The highest BCUT2D eigenvalue weighted by Crippen LogP contribution is 2.36. The van der Waals surface area contributed by atoms with Crippen molar-refractivity contribution in [2.45, 2.75) is 64.4 Å². The fraction of sp³-hybridized carbons (Fsp3) is 0.312. The normalized spacial score (nSPS) is 19.1. The molecule has 39 heavy (non-hydrogen) atoms. The number of carbonyl (C=O) groups is 2. The third-order valence-electron chi connectivity index (χ3n) is 6.82. The second-order valence-electron chi connectivity index (χ2n) is 10.1. The Kier molecular flexibility index (Phi) is 8.34. The summed E-state index contributed by atoms with van der Waals surface area (Å²) in [4.78, 5) is 23.3. The standard InChI is InChI=1S/C32H31ClO6/c1-20(34)13-27-17-28(37-21(2)35)18-32(38-27)24-9-12-30(33)25(15-24)14-22-7-10-26(11-8-22)36-19-29-16-23-5-3-4-6-31(23)39-29/h3-12,15-16,27-28,32H,13-14,17-19H2,1-2H3/t27?,28-,32?/m0/s1. The number of fused-ring (bicyclic) bond motifs is 1. The molecule has 3 atom stereocenters. The summed E-state index contributed by atoms with van der Waals surface area (Å²) < 4.78 is 23.5. The Labute approximate surface area is 232 Å². The van der Waals surface area contributed by atoms with Gasteiger partial charge in [0.25, 0.3) is 0 Å². The van der Waals surface area contributed by atoms with Crippen molar-refractivity contribution in [1.29, 1.82) is 0 Å². The van der Waals surface area contributed by atoms with Crippen LogP contribution in [-0.2, 0) is 32.1 Å². The van der Waals surface area contributed by atoms with E-state index < -0.39 is 0 Å². The van der Waals surface area contributed by atoms with E-state index in [2.05, 4.69) is 0 Å². The Morgan fingerprint density at radius 1 is 0.974 bits per heavy atom. The van der Waals surface area contributed by atoms with E-state index in [1.165, 1.54) is 6.92 Å². The van der Waals surface area contributed by atoms with Gasteiger partial charge < -0.3 is 18.6 Å². The van der Waals surface area contributed by atoms with Gasteiger partial charge in [-0.3, -0.25) is 9.59 Å². The minimum atomic E-state index is -0.330. The van der Waals surface area contributed by atoms with Crippen LogP contribution in [-0.4, -0.2) is 24.0 Å². The van der Waals surface area contributed by atoms with Gasteiger partial charge >= 0.3 is 5.97 Å². The highest BCUT2D eigenvalue weighted by Gasteiger charge is 2.33. The molecule has 0 bridgehead atoms. The summed E-state index contributed by atoms with van der Waals surface area (Å²) in [5.74, 6) is 1.24. The quantitative estimate of drug-likeness (QED) is 0.204. The molecule has 1 aliphatic rings. The first-order valence-electron chi connectivity index (χ1n) is 13.1. The minimum Gasteiger partial charge on any atom is -0.486 e. The molecular weight excluding hydrogens is 516 g/mol. The molecule has 0 aliphatic carbocycles. The van der Waals surface area contributed by atoms with Crippen molar-refractivity contribution < 1.29 is 28.2 Å². The van der Waals surface area contributed by atoms with Crippen LogP contribution in [0.5, 0.6) is 5.75 Å². The summed E-state index contributed by atoms with van der Waals surface area (Å²) in [6.07, 6.45) is 1.09. The lowest BCUT2D eigenvalue weighted by Gasteiger charge is -2.35. The monoisotopic (exact) mass is 546 g/mol. The Morgan fingerprint density at radius 3 is 2.51 bits per heavy atom. The number of ether oxygens (including phenoxy) is 3. The number of rotatable bonds is 9. The average molecular weight is 547 g/mol. The molecule has 1 aromatic heterocycles. The van der Waals surface area contributed by atoms with Crippen LogP contribution in [0.2, 0.25) is 5.02 Å². The van der Waals surface area contributed by atoms with Crippen LogP contribution in [0.4, 0.5) is 0 Å². The number of furan rings is 1. The maximum Gasteiger partial charge on any atom is 0.302 e. The second kappa shape index (κ2) is 12.1. The first-order chi connectivity index (χ1) is 18.8. The highest BCUT2D eigenvalue weighted by atomic mass is 35.5. The van der Waals surface area contributed by atoms with Crippen LogP contribution in [0.3, 0.4) is 0 Å². The Balaban J connectivity index is 1.25. The molecule has 2 unspecified atom stereocenters. The van der Waals surface area contributed by atoms with Gasteiger partial charge in [0.15, 0.2) is 0 Å². The molecule has 0 spiro atoms. The smallest absolute Gasteiger partial charge is 0.302 e. The van der Waals surface area contributed by atoms with E-state index in [-0.39, 0.29) is 30.1 Å². The van der Waals surface area contributed by atoms with Crippen molar-refractivity contribution in [3.8, 4) is 5.75 Å². The molecule has 0 N–H and O–H groups in total. The molecule has 1 saturated heterocycles. The molecule has 3 aromatic carbocycles. The molecule has 1 fully saturated rings. The summed E-state index contributed by atoms with van der Waals surface area (Å²) in [5, 5.41) is 1.72. The first kappa shape index (κ1) is 27.0. The summed E-state index contributed by atoms with van der Waals surface area (Å²) in [5.41, 5.74) is 3.85. The van der Waals surface area contributed by atoms with Gasteiger partial charge in [-0.15, -0.1) is 0 Å². The van der Waals surface area contributed by atoms with E-state index >= 15 is 0 Å². The molecule has 7 heteroatoms. The fourth-order valence-electron chi connectivity index (χ4n) is 5.09. The molecule has 0 saturated carbocycles. The zero-order chi connectivity index (χ0) is 27.4. The summed E-state index contributed by atoms with van der Waals surface area (Å²) in [6, 6.07) is 23.7. The predicted octanol–water partition coefficient (Wildman–Crippen LogP) is 7.39. The van der Waals surface area contributed by atoms with Crippen molar-refractivity contribution in [3.63, 3.8) is 0 Å². The number of hydrogen-bond donors (Lipinski definition) is 0. The number of ketones is 1. The molecule has 0 amide bonds. The summed E-state index contributed by atoms with van der Waals surface area (Å²) >= 11 is 6.57. The fourth-order valence-corrected chi connectivity index (χ4v) is 5.27. The van der Waals surface area contributed by atoms with E-state index in [1.54, 1.807) is 6.92 Å². The van der Waals surface area contributed by atoms with Gasteiger partial charge in [0, 0.05) is 36.6 Å². The van der Waals surface area contributed by atoms with Gasteiger partial charge in [-0.1, -0.05) is 54.1 Å². The number of benzene rings is 3. The van der Waals surface area contributed by atoms with Crippen LogP contribution in [0, 0.1) is 0 Å². The number of carbonyl (C=O) groups excluding carboxylic acids is 2. The SMILES string of the molecule is CC(=O)CC1C[C@H](OC(C)=O)CC(c2ccc(Cl)c(Cc3ccc(OCc4cc5ccccc5o4)cc3)c2)O1. The zero-order valence-electron chi connectivity index (χ0n) is 22.0. The van der Waals surface area contributed by atoms with E-state index in [9.17, 15) is 9.59 Å². The van der Waals surface area contributed by atoms with Crippen LogP contribution in [0.15, 0.2) is 77.2 Å². The molecule has 5 rings (SSSR count). The molecule has 2 heterocycles. The predicted molar refractivity (Wildman–Crippen MR) is 149 cm³/mol. The van der Waals surface area contributed by atoms with Gasteiger partial charge in [0.05, 0.1) is 12.2 Å². The van der Waals surface area contributed by atoms with Gasteiger partial charge in [-0.05, 0) is 60.4 Å². The molecule has 0 radical (unpaired) electrons. The lowest BCUT2D eigenvalue weighted by molar-refractivity contribution is -0.160. The van der Waals surface area contributed by atoms with Gasteiger partial charge in [-0.2, -0.15) is 0 Å². The lowest BCUT2D eigenvalue weighted by atomic mass is 9.92. The minimum absolute atomic E-state index is 0.0454.